The van der Waals surface area contributed by atoms with E-state index in [1.165, 1.54) is 0 Å². The molecule has 0 radical (unpaired) electrons. The summed E-state index contributed by atoms with van der Waals surface area (Å²) < 4.78 is 0.631. The molecule has 0 unspecified atom stereocenters. The number of rotatable bonds is 1. The number of benzene rings is 1. The molecule has 1 saturated heterocycles. The number of hydrogen-bond donors (Lipinski definition) is 1. The molecule has 102 valence electrons. The minimum atomic E-state index is -0.853. The van der Waals surface area contributed by atoms with E-state index in [-0.39, 0.29) is 11.8 Å². The van der Waals surface area contributed by atoms with Gasteiger partial charge < -0.3 is 10.2 Å². The molecule has 1 aliphatic heterocycles. The van der Waals surface area contributed by atoms with E-state index < -0.39 is 5.54 Å². The average Bonchev–Trinajstić information content (AvgIpc) is 2.32. The molecule has 4 nitrogen and oxygen atoms in total. The highest BCUT2D eigenvalue weighted by atomic mass is 79.9. The Bertz CT molecular complexity index is 545. The van der Waals surface area contributed by atoms with Crippen molar-refractivity contribution in [3.8, 4) is 0 Å². The third kappa shape index (κ3) is 2.62. The molecule has 19 heavy (non-hydrogen) atoms. The summed E-state index contributed by atoms with van der Waals surface area (Å²) in [5, 5.41) is 3.32. The topological polar surface area (TPSA) is 49.4 Å². The van der Waals surface area contributed by atoms with Crippen LogP contribution in [-0.4, -0.2) is 35.3 Å². The molecular weight excluding hydrogens is 332 g/mol. The van der Waals surface area contributed by atoms with Gasteiger partial charge in [0.15, 0.2) is 0 Å². The number of carbonyl (C=O) groups excluding carboxylic acids is 2. The summed E-state index contributed by atoms with van der Waals surface area (Å²) in [5.41, 5.74) is -0.346. The summed E-state index contributed by atoms with van der Waals surface area (Å²) >= 11 is 9.20. The van der Waals surface area contributed by atoms with Crippen molar-refractivity contribution in [2.75, 3.05) is 13.1 Å². The Morgan fingerprint density at radius 3 is 2.79 bits per heavy atom. The predicted octanol–water partition coefficient (Wildman–Crippen LogP) is 2.45. The molecule has 0 aromatic heterocycles. The van der Waals surface area contributed by atoms with E-state index in [9.17, 15) is 9.59 Å². The second kappa shape index (κ2) is 5.13. The lowest BCUT2D eigenvalue weighted by Gasteiger charge is -2.41. The van der Waals surface area contributed by atoms with Crippen molar-refractivity contribution >= 4 is 39.3 Å². The maximum Gasteiger partial charge on any atom is 0.255 e. The van der Waals surface area contributed by atoms with Crippen LogP contribution in [0.5, 0.6) is 0 Å². The van der Waals surface area contributed by atoms with E-state index in [1.807, 2.05) is 0 Å². The molecule has 1 aromatic carbocycles. The van der Waals surface area contributed by atoms with Gasteiger partial charge in [-0.2, -0.15) is 0 Å². The van der Waals surface area contributed by atoms with Gasteiger partial charge in [-0.3, -0.25) is 9.59 Å². The first-order valence-corrected chi connectivity index (χ1v) is 7.06. The summed E-state index contributed by atoms with van der Waals surface area (Å²) in [4.78, 5) is 26.0. The zero-order chi connectivity index (χ0) is 14.2. The Kier molecular flexibility index (Phi) is 3.87. The lowest BCUT2D eigenvalue weighted by molar-refractivity contribution is -0.133. The number of piperazine rings is 1. The first kappa shape index (κ1) is 14.3. The van der Waals surface area contributed by atoms with Crippen molar-refractivity contribution in [2.24, 2.45) is 0 Å². The summed E-state index contributed by atoms with van der Waals surface area (Å²) in [6, 6.07) is 5.00. The lowest BCUT2D eigenvalue weighted by atomic mass is 9.97. The SMILES string of the molecule is CC1(C)C(=O)NCCN1C(=O)c1ccc(Cl)cc1Br. The van der Waals surface area contributed by atoms with Crippen LogP contribution < -0.4 is 5.32 Å². The molecule has 0 saturated carbocycles. The van der Waals surface area contributed by atoms with Crippen LogP contribution >= 0.6 is 27.5 Å². The van der Waals surface area contributed by atoms with Gasteiger partial charge in [0.1, 0.15) is 5.54 Å². The quantitative estimate of drug-likeness (QED) is 0.850. The Labute approximate surface area is 125 Å². The lowest BCUT2D eigenvalue weighted by Crippen LogP contribution is -2.63. The van der Waals surface area contributed by atoms with Crippen LogP contribution in [0.1, 0.15) is 24.2 Å². The summed E-state index contributed by atoms with van der Waals surface area (Å²) in [5.74, 6) is -0.319. The number of nitrogens with zero attached hydrogens (tertiary/aromatic N) is 1. The monoisotopic (exact) mass is 344 g/mol. The van der Waals surface area contributed by atoms with E-state index in [0.717, 1.165) is 0 Å². The Hall–Kier alpha value is -1.07. The fourth-order valence-corrected chi connectivity index (χ4v) is 2.92. The number of hydrogen-bond acceptors (Lipinski definition) is 2. The highest BCUT2D eigenvalue weighted by Gasteiger charge is 2.41. The minimum absolute atomic E-state index is 0.141. The first-order chi connectivity index (χ1) is 8.84. The third-order valence-corrected chi connectivity index (χ3v) is 4.15. The van der Waals surface area contributed by atoms with E-state index >= 15 is 0 Å². The van der Waals surface area contributed by atoms with Gasteiger partial charge in [0.05, 0.1) is 5.56 Å². The number of carbonyl (C=O) groups is 2. The maximum absolute atomic E-state index is 12.6. The number of nitrogens with one attached hydrogen (secondary N) is 1. The Balaban J connectivity index is 2.35. The largest absolute Gasteiger partial charge is 0.352 e. The van der Waals surface area contributed by atoms with E-state index in [1.54, 1.807) is 36.9 Å². The van der Waals surface area contributed by atoms with Gasteiger partial charge in [-0.25, -0.2) is 0 Å². The van der Waals surface area contributed by atoms with Crippen LogP contribution in [0.4, 0.5) is 0 Å². The molecule has 2 rings (SSSR count). The molecule has 0 bridgehead atoms. The average molecular weight is 346 g/mol. The van der Waals surface area contributed by atoms with Crippen LogP contribution in [0.25, 0.3) is 0 Å². The number of amides is 2. The highest BCUT2D eigenvalue weighted by molar-refractivity contribution is 9.10. The van der Waals surface area contributed by atoms with Crippen molar-refractivity contribution in [3.05, 3.63) is 33.3 Å². The van der Waals surface area contributed by atoms with Gasteiger partial charge in [0, 0.05) is 22.6 Å². The van der Waals surface area contributed by atoms with Gasteiger partial charge in [0.25, 0.3) is 5.91 Å². The summed E-state index contributed by atoms with van der Waals surface area (Å²) in [6.07, 6.45) is 0. The zero-order valence-electron chi connectivity index (χ0n) is 10.7. The maximum atomic E-state index is 12.6. The van der Waals surface area contributed by atoms with Crippen molar-refractivity contribution in [1.82, 2.24) is 10.2 Å². The summed E-state index contributed by atoms with van der Waals surface area (Å²) in [7, 11) is 0. The molecular formula is C13H14BrClN2O2. The third-order valence-electron chi connectivity index (χ3n) is 3.26. The zero-order valence-corrected chi connectivity index (χ0v) is 13.0. The number of halogens is 2. The van der Waals surface area contributed by atoms with Gasteiger partial charge in [0.2, 0.25) is 5.91 Å². The van der Waals surface area contributed by atoms with E-state index in [4.69, 9.17) is 11.6 Å². The molecule has 6 heteroatoms. The molecule has 1 fully saturated rings. The van der Waals surface area contributed by atoms with Crippen LogP contribution in [0.2, 0.25) is 5.02 Å². The van der Waals surface area contributed by atoms with Gasteiger partial charge in [-0.05, 0) is 48.0 Å². The smallest absolute Gasteiger partial charge is 0.255 e. The molecule has 1 heterocycles. The molecule has 0 aliphatic carbocycles. The van der Waals surface area contributed by atoms with Crippen LogP contribution in [0.15, 0.2) is 22.7 Å². The van der Waals surface area contributed by atoms with Crippen molar-refractivity contribution < 1.29 is 9.59 Å². The second-order valence-corrected chi connectivity index (χ2v) is 6.19. The predicted molar refractivity (Wildman–Crippen MR) is 77.3 cm³/mol. The molecule has 1 aromatic rings. The molecule has 1 aliphatic rings. The fraction of sp³-hybridized carbons (Fsp3) is 0.385. The van der Waals surface area contributed by atoms with Gasteiger partial charge in [-0.1, -0.05) is 11.6 Å². The highest BCUT2D eigenvalue weighted by Crippen LogP contribution is 2.26. The van der Waals surface area contributed by atoms with E-state index in [0.29, 0.717) is 28.1 Å². The second-order valence-electron chi connectivity index (χ2n) is 4.90. The molecule has 1 N–H and O–H groups in total. The molecule has 0 atom stereocenters. The molecule has 0 spiro atoms. The first-order valence-electron chi connectivity index (χ1n) is 5.89. The normalized spacial score (nSPS) is 18.1. The van der Waals surface area contributed by atoms with E-state index in [2.05, 4.69) is 21.2 Å². The molecule has 2 amide bonds. The summed E-state index contributed by atoms with van der Waals surface area (Å²) in [6.45, 7) is 4.44. The van der Waals surface area contributed by atoms with Crippen molar-refractivity contribution in [1.29, 1.82) is 0 Å². The van der Waals surface area contributed by atoms with Crippen LogP contribution in [-0.2, 0) is 4.79 Å². The van der Waals surface area contributed by atoms with Gasteiger partial charge >= 0.3 is 0 Å². The van der Waals surface area contributed by atoms with Crippen LogP contribution in [0.3, 0.4) is 0 Å². The van der Waals surface area contributed by atoms with Crippen molar-refractivity contribution in [2.45, 2.75) is 19.4 Å². The Morgan fingerprint density at radius 2 is 2.16 bits per heavy atom. The fourth-order valence-electron chi connectivity index (χ4n) is 2.06. The van der Waals surface area contributed by atoms with Crippen molar-refractivity contribution in [3.63, 3.8) is 0 Å². The minimum Gasteiger partial charge on any atom is -0.352 e. The standard InChI is InChI=1S/C13H14BrClN2O2/c1-13(2)12(19)16-5-6-17(13)11(18)9-4-3-8(15)7-10(9)14/h3-4,7H,5-6H2,1-2H3,(H,16,19). The van der Waals surface area contributed by atoms with Gasteiger partial charge in [-0.15, -0.1) is 0 Å². The Morgan fingerprint density at radius 1 is 1.47 bits per heavy atom. The van der Waals surface area contributed by atoms with Crippen LogP contribution in [0, 0.1) is 0 Å².